The molecule has 2 aromatic carbocycles. The average Bonchev–Trinajstić information content (AvgIpc) is 3.10. The predicted molar refractivity (Wildman–Crippen MR) is 97.1 cm³/mol. The molecule has 0 aliphatic rings. The van der Waals surface area contributed by atoms with Crippen LogP contribution < -0.4 is 5.32 Å². The van der Waals surface area contributed by atoms with Crippen molar-refractivity contribution in [2.24, 2.45) is 5.92 Å². The number of nitrogens with zero attached hydrogens (tertiary/aromatic N) is 2. The molecular weight excluding hydrogens is 314 g/mol. The van der Waals surface area contributed by atoms with Crippen LogP contribution >= 0.6 is 0 Å². The molecule has 0 unspecified atom stereocenters. The first-order valence-corrected chi connectivity index (χ1v) is 8.32. The van der Waals surface area contributed by atoms with E-state index in [1.54, 1.807) is 12.1 Å². The van der Waals surface area contributed by atoms with Gasteiger partial charge in [0.05, 0.1) is 0 Å². The number of nitrogens with one attached hydrogen (secondary N) is 1. The van der Waals surface area contributed by atoms with Gasteiger partial charge < -0.3 is 9.73 Å². The Morgan fingerprint density at radius 2 is 1.72 bits per heavy atom. The molecule has 0 saturated heterocycles. The zero-order chi connectivity index (χ0) is 17.8. The van der Waals surface area contributed by atoms with Gasteiger partial charge >= 0.3 is 0 Å². The van der Waals surface area contributed by atoms with Crippen molar-refractivity contribution in [3.63, 3.8) is 0 Å². The maximum Gasteiger partial charge on any atom is 0.251 e. The summed E-state index contributed by atoms with van der Waals surface area (Å²) in [5, 5.41) is 11.1. The number of amides is 1. The first-order chi connectivity index (χ1) is 12.0. The van der Waals surface area contributed by atoms with E-state index in [2.05, 4.69) is 29.4 Å². The standard InChI is InChI=1S/C20H21N3O2/c1-13(2)12-21-18(24)15-7-9-16(10-8-15)19-22-23-20(25-19)17-6-4-5-14(3)11-17/h4-11,13H,12H2,1-3H3,(H,21,24). The lowest BCUT2D eigenvalue weighted by Gasteiger charge is -2.07. The Balaban J connectivity index is 1.76. The summed E-state index contributed by atoms with van der Waals surface area (Å²) in [6.45, 7) is 6.80. The summed E-state index contributed by atoms with van der Waals surface area (Å²) >= 11 is 0. The quantitative estimate of drug-likeness (QED) is 0.762. The van der Waals surface area contributed by atoms with Crippen LogP contribution in [0.25, 0.3) is 22.9 Å². The fraction of sp³-hybridized carbons (Fsp3) is 0.250. The van der Waals surface area contributed by atoms with Crippen molar-refractivity contribution < 1.29 is 9.21 Å². The highest BCUT2D eigenvalue weighted by molar-refractivity contribution is 5.94. The van der Waals surface area contributed by atoms with E-state index in [9.17, 15) is 4.79 Å². The summed E-state index contributed by atoms with van der Waals surface area (Å²) in [7, 11) is 0. The number of aromatic nitrogens is 2. The number of benzene rings is 2. The smallest absolute Gasteiger partial charge is 0.251 e. The highest BCUT2D eigenvalue weighted by atomic mass is 16.4. The van der Waals surface area contributed by atoms with E-state index in [0.29, 0.717) is 29.8 Å². The van der Waals surface area contributed by atoms with E-state index in [4.69, 9.17) is 4.42 Å². The number of carbonyl (C=O) groups is 1. The summed E-state index contributed by atoms with van der Waals surface area (Å²) in [6.07, 6.45) is 0. The molecule has 0 atom stereocenters. The van der Waals surface area contributed by atoms with Gasteiger partial charge in [0, 0.05) is 23.2 Å². The van der Waals surface area contributed by atoms with Gasteiger partial charge in [-0.15, -0.1) is 10.2 Å². The van der Waals surface area contributed by atoms with Crippen molar-refractivity contribution in [3.05, 3.63) is 59.7 Å². The van der Waals surface area contributed by atoms with Crippen LogP contribution in [-0.2, 0) is 0 Å². The number of hydrogen-bond donors (Lipinski definition) is 1. The fourth-order valence-electron chi connectivity index (χ4n) is 2.40. The third kappa shape index (κ3) is 4.12. The number of carbonyl (C=O) groups excluding carboxylic acids is 1. The van der Waals surface area contributed by atoms with Crippen LogP contribution in [0.3, 0.4) is 0 Å². The van der Waals surface area contributed by atoms with Crippen LogP contribution in [0.2, 0.25) is 0 Å². The highest BCUT2D eigenvalue weighted by Gasteiger charge is 2.12. The molecule has 1 aromatic heterocycles. The summed E-state index contributed by atoms with van der Waals surface area (Å²) in [5.74, 6) is 1.26. The van der Waals surface area contributed by atoms with Gasteiger partial charge in [-0.3, -0.25) is 4.79 Å². The molecule has 3 rings (SSSR count). The zero-order valence-corrected chi connectivity index (χ0v) is 14.6. The molecule has 0 spiro atoms. The van der Waals surface area contributed by atoms with Crippen LogP contribution in [0, 0.1) is 12.8 Å². The molecule has 25 heavy (non-hydrogen) atoms. The summed E-state index contributed by atoms with van der Waals surface area (Å²) in [5.41, 5.74) is 3.42. The lowest BCUT2D eigenvalue weighted by molar-refractivity contribution is 0.0949. The lowest BCUT2D eigenvalue weighted by atomic mass is 10.1. The molecule has 1 heterocycles. The average molecular weight is 335 g/mol. The number of hydrogen-bond acceptors (Lipinski definition) is 4. The number of aryl methyl sites for hydroxylation is 1. The van der Waals surface area contributed by atoms with Gasteiger partial charge in [0.15, 0.2) is 0 Å². The Hall–Kier alpha value is -2.95. The summed E-state index contributed by atoms with van der Waals surface area (Å²) in [4.78, 5) is 12.1. The Morgan fingerprint density at radius 1 is 1.04 bits per heavy atom. The molecule has 5 heteroatoms. The van der Waals surface area contributed by atoms with Crippen molar-refractivity contribution >= 4 is 5.91 Å². The maximum atomic E-state index is 12.1. The van der Waals surface area contributed by atoms with Gasteiger partial charge in [-0.2, -0.15) is 0 Å². The minimum Gasteiger partial charge on any atom is -0.416 e. The molecule has 1 amide bonds. The van der Waals surface area contributed by atoms with Gasteiger partial charge in [0.25, 0.3) is 5.91 Å². The van der Waals surface area contributed by atoms with Crippen molar-refractivity contribution in [3.8, 4) is 22.9 Å². The van der Waals surface area contributed by atoms with Crippen LogP contribution in [0.15, 0.2) is 52.9 Å². The van der Waals surface area contributed by atoms with E-state index in [0.717, 1.165) is 16.7 Å². The zero-order valence-electron chi connectivity index (χ0n) is 14.6. The lowest BCUT2D eigenvalue weighted by Crippen LogP contribution is -2.27. The van der Waals surface area contributed by atoms with Crippen molar-refractivity contribution in [1.29, 1.82) is 0 Å². The van der Waals surface area contributed by atoms with Gasteiger partial charge in [-0.05, 0) is 49.2 Å². The maximum absolute atomic E-state index is 12.1. The SMILES string of the molecule is Cc1cccc(-c2nnc(-c3ccc(C(=O)NCC(C)C)cc3)o2)c1. The second-order valence-corrected chi connectivity index (χ2v) is 6.46. The Morgan fingerprint density at radius 3 is 2.36 bits per heavy atom. The third-order valence-corrected chi connectivity index (χ3v) is 3.75. The van der Waals surface area contributed by atoms with E-state index in [-0.39, 0.29) is 5.91 Å². The van der Waals surface area contributed by atoms with E-state index < -0.39 is 0 Å². The van der Waals surface area contributed by atoms with Crippen molar-refractivity contribution in [2.75, 3.05) is 6.54 Å². The predicted octanol–water partition coefficient (Wildman–Crippen LogP) is 4.10. The normalized spacial score (nSPS) is 10.9. The van der Waals surface area contributed by atoms with Crippen LogP contribution in [0.5, 0.6) is 0 Å². The van der Waals surface area contributed by atoms with Gasteiger partial charge in [0.2, 0.25) is 11.8 Å². The van der Waals surface area contributed by atoms with Crippen molar-refractivity contribution in [1.82, 2.24) is 15.5 Å². The Kier molecular flexibility index (Phi) is 4.93. The van der Waals surface area contributed by atoms with Gasteiger partial charge in [-0.25, -0.2) is 0 Å². The van der Waals surface area contributed by atoms with E-state index in [1.165, 1.54) is 0 Å². The molecule has 0 radical (unpaired) electrons. The van der Waals surface area contributed by atoms with Gasteiger partial charge in [-0.1, -0.05) is 31.5 Å². The summed E-state index contributed by atoms with van der Waals surface area (Å²) in [6, 6.07) is 15.1. The molecule has 3 aromatic rings. The molecule has 128 valence electrons. The van der Waals surface area contributed by atoms with Crippen molar-refractivity contribution in [2.45, 2.75) is 20.8 Å². The van der Waals surface area contributed by atoms with Crippen LogP contribution in [-0.4, -0.2) is 22.6 Å². The highest BCUT2D eigenvalue weighted by Crippen LogP contribution is 2.24. The molecule has 0 aliphatic heterocycles. The largest absolute Gasteiger partial charge is 0.416 e. The summed E-state index contributed by atoms with van der Waals surface area (Å²) < 4.78 is 5.77. The molecular formula is C20H21N3O2. The second kappa shape index (κ2) is 7.30. The van der Waals surface area contributed by atoms with Gasteiger partial charge in [0.1, 0.15) is 0 Å². The van der Waals surface area contributed by atoms with Crippen LogP contribution in [0.1, 0.15) is 29.8 Å². The topological polar surface area (TPSA) is 68.0 Å². The third-order valence-electron chi connectivity index (χ3n) is 3.75. The minimum atomic E-state index is -0.0776. The first-order valence-electron chi connectivity index (χ1n) is 8.32. The number of rotatable bonds is 5. The Bertz CT molecular complexity index is 867. The molecule has 0 aliphatic carbocycles. The molecule has 0 bridgehead atoms. The molecule has 1 N–H and O–H groups in total. The fourth-order valence-corrected chi connectivity index (χ4v) is 2.40. The second-order valence-electron chi connectivity index (χ2n) is 6.46. The van der Waals surface area contributed by atoms with E-state index in [1.807, 2.05) is 43.3 Å². The Labute approximate surface area is 147 Å². The minimum absolute atomic E-state index is 0.0776. The molecule has 0 fully saturated rings. The van der Waals surface area contributed by atoms with E-state index >= 15 is 0 Å². The molecule has 5 nitrogen and oxygen atoms in total. The van der Waals surface area contributed by atoms with Crippen LogP contribution in [0.4, 0.5) is 0 Å². The monoisotopic (exact) mass is 335 g/mol. The first kappa shape index (κ1) is 16.9. The molecule has 0 saturated carbocycles.